The quantitative estimate of drug-likeness (QED) is 0.311. The first-order chi connectivity index (χ1) is 13.9. The van der Waals surface area contributed by atoms with Gasteiger partial charge in [0.15, 0.2) is 0 Å². The minimum absolute atomic E-state index is 0.373. The number of nitrogens with zero attached hydrogens (tertiary/aromatic N) is 2. The normalized spacial score (nSPS) is 16.5. The van der Waals surface area contributed by atoms with Gasteiger partial charge in [-0.2, -0.15) is 5.10 Å². The molecule has 3 heteroatoms. The van der Waals surface area contributed by atoms with Crippen LogP contribution in [0.3, 0.4) is 0 Å². The Balaban J connectivity index is 1.38. The molecule has 0 N–H and O–H groups in total. The maximum absolute atomic E-state index is 5.90. The lowest BCUT2D eigenvalue weighted by molar-refractivity contribution is 0.204. The van der Waals surface area contributed by atoms with Crippen LogP contribution >= 0.6 is 0 Å². The van der Waals surface area contributed by atoms with E-state index < -0.39 is 0 Å². The van der Waals surface area contributed by atoms with Crippen molar-refractivity contribution in [1.29, 1.82) is 0 Å². The molecule has 3 aromatic carbocycles. The van der Waals surface area contributed by atoms with Crippen LogP contribution in [0.15, 0.2) is 102 Å². The van der Waals surface area contributed by atoms with Gasteiger partial charge in [-0.1, -0.05) is 103 Å². The summed E-state index contributed by atoms with van der Waals surface area (Å²) >= 11 is 0. The second-order valence-electron chi connectivity index (χ2n) is 6.79. The zero-order chi connectivity index (χ0) is 19.0. The highest BCUT2D eigenvalue weighted by Gasteiger charge is 2.34. The summed E-state index contributed by atoms with van der Waals surface area (Å²) in [6, 6.07) is 31.4. The van der Waals surface area contributed by atoms with Gasteiger partial charge < -0.3 is 4.74 Å². The monoisotopic (exact) mass is 368 g/mol. The van der Waals surface area contributed by atoms with Gasteiger partial charge in [-0.05, 0) is 11.1 Å². The maximum Gasteiger partial charge on any atom is 0.0935 e. The van der Waals surface area contributed by atoms with E-state index in [-0.39, 0.29) is 0 Å². The summed E-state index contributed by atoms with van der Waals surface area (Å²) in [5, 5.41) is 7.00. The fourth-order valence-corrected chi connectivity index (χ4v) is 3.12. The van der Waals surface area contributed by atoms with Crippen molar-refractivity contribution in [3.8, 4) is 0 Å². The standard InChI is InChI=1S/C25H24N2O/c1-4-11-21(12-5-1)13-10-18-28-20-24(22-14-6-2-7-15-22)26-27-19-25(27)23-16-8-3-9-17-23/h1-17,25H,18-20H2/b13-10+,26-24+. The van der Waals surface area contributed by atoms with E-state index in [9.17, 15) is 0 Å². The molecule has 1 aliphatic rings. The molecule has 1 atom stereocenters. The Labute approximate surface area is 166 Å². The van der Waals surface area contributed by atoms with Gasteiger partial charge in [0.05, 0.1) is 31.5 Å². The SMILES string of the molecule is C(=C\c1ccccc1)/COC/C(=N\N1CC1c1ccccc1)c1ccccc1. The van der Waals surface area contributed by atoms with Crippen LogP contribution in [-0.4, -0.2) is 30.5 Å². The Bertz CT molecular complexity index is 921. The molecular formula is C25H24N2O. The Morgan fingerprint density at radius 2 is 1.54 bits per heavy atom. The Hall–Kier alpha value is -3.17. The summed E-state index contributed by atoms with van der Waals surface area (Å²) in [6.45, 7) is 2.00. The van der Waals surface area contributed by atoms with Crippen LogP contribution in [0, 0.1) is 0 Å². The van der Waals surface area contributed by atoms with Crippen molar-refractivity contribution in [1.82, 2.24) is 5.01 Å². The van der Waals surface area contributed by atoms with E-state index in [4.69, 9.17) is 9.84 Å². The highest BCUT2D eigenvalue weighted by molar-refractivity contribution is 6.01. The highest BCUT2D eigenvalue weighted by Crippen LogP contribution is 2.35. The smallest absolute Gasteiger partial charge is 0.0935 e. The molecule has 0 aliphatic carbocycles. The van der Waals surface area contributed by atoms with E-state index in [0.29, 0.717) is 19.3 Å². The molecule has 3 aromatic rings. The fourth-order valence-electron chi connectivity index (χ4n) is 3.12. The van der Waals surface area contributed by atoms with Crippen LogP contribution in [-0.2, 0) is 4.74 Å². The van der Waals surface area contributed by atoms with Gasteiger partial charge in [0.2, 0.25) is 0 Å². The second-order valence-corrected chi connectivity index (χ2v) is 6.79. The molecule has 1 saturated heterocycles. The summed E-state index contributed by atoms with van der Waals surface area (Å²) < 4.78 is 5.90. The third-order valence-electron chi connectivity index (χ3n) is 4.69. The third kappa shape index (κ3) is 4.96. The summed E-state index contributed by atoms with van der Waals surface area (Å²) in [5.41, 5.74) is 4.56. The highest BCUT2D eigenvalue weighted by atomic mass is 16.5. The lowest BCUT2D eigenvalue weighted by atomic mass is 10.1. The van der Waals surface area contributed by atoms with Crippen LogP contribution in [0.4, 0.5) is 0 Å². The molecule has 0 spiro atoms. The van der Waals surface area contributed by atoms with E-state index in [1.54, 1.807) is 0 Å². The number of hydrogen-bond donors (Lipinski definition) is 0. The van der Waals surface area contributed by atoms with Gasteiger partial charge in [-0.3, -0.25) is 5.01 Å². The minimum atomic E-state index is 0.373. The minimum Gasteiger partial charge on any atom is -0.371 e. The molecule has 0 radical (unpaired) electrons. The lowest BCUT2D eigenvalue weighted by Gasteiger charge is -2.08. The average Bonchev–Trinajstić information content (AvgIpc) is 3.54. The molecule has 1 heterocycles. The molecule has 3 nitrogen and oxygen atoms in total. The first kappa shape index (κ1) is 18.2. The number of rotatable bonds is 8. The summed E-state index contributed by atoms with van der Waals surface area (Å²) in [5.74, 6) is 0. The zero-order valence-electron chi connectivity index (χ0n) is 15.8. The summed E-state index contributed by atoms with van der Waals surface area (Å²) in [4.78, 5) is 0. The second kappa shape index (κ2) is 9.16. The largest absolute Gasteiger partial charge is 0.371 e. The number of hydrazone groups is 1. The predicted molar refractivity (Wildman–Crippen MR) is 115 cm³/mol. The van der Waals surface area contributed by atoms with Crippen molar-refractivity contribution in [2.45, 2.75) is 6.04 Å². The molecule has 140 valence electrons. The molecule has 0 bridgehead atoms. The van der Waals surface area contributed by atoms with E-state index >= 15 is 0 Å². The molecule has 0 saturated carbocycles. The molecule has 1 aliphatic heterocycles. The van der Waals surface area contributed by atoms with Crippen LogP contribution in [0.1, 0.15) is 22.7 Å². The van der Waals surface area contributed by atoms with Crippen molar-refractivity contribution < 1.29 is 4.74 Å². The van der Waals surface area contributed by atoms with Crippen LogP contribution in [0.25, 0.3) is 6.08 Å². The van der Waals surface area contributed by atoms with Crippen molar-refractivity contribution in [3.05, 3.63) is 114 Å². The van der Waals surface area contributed by atoms with Crippen molar-refractivity contribution >= 4 is 11.8 Å². The van der Waals surface area contributed by atoms with Gasteiger partial charge >= 0.3 is 0 Å². The molecule has 28 heavy (non-hydrogen) atoms. The topological polar surface area (TPSA) is 24.6 Å². The number of benzene rings is 3. The molecule has 0 aromatic heterocycles. The van der Waals surface area contributed by atoms with Crippen LogP contribution in [0.5, 0.6) is 0 Å². The molecule has 1 fully saturated rings. The van der Waals surface area contributed by atoms with Crippen LogP contribution < -0.4 is 0 Å². The van der Waals surface area contributed by atoms with E-state index in [1.807, 2.05) is 48.5 Å². The summed E-state index contributed by atoms with van der Waals surface area (Å²) in [6.07, 6.45) is 4.12. The first-order valence-electron chi connectivity index (χ1n) is 9.64. The van der Waals surface area contributed by atoms with Crippen molar-refractivity contribution in [3.63, 3.8) is 0 Å². The fraction of sp³-hybridized carbons (Fsp3) is 0.160. The first-order valence-corrected chi connectivity index (χ1v) is 9.64. The summed E-state index contributed by atoms with van der Waals surface area (Å²) in [7, 11) is 0. The average molecular weight is 368 g/mol. The zero-order valence-corrected chi connectivity index (χ0v) is 15.8. The van der Waals surface area contributed by atoms with Gasteiger partial charge in [-0.15, -0.1) is 0 Å². The van der Waals surface area contributed by atoms with Crippen LogP contribution in [0.2, 0.25) is 0 Å². The Kier molecular flexibility index (Phi) is 5.95. The molecule has 4 rings (SSSR count). The Morgan fingerprint density at radius 1 is 0.893 bits per heavy atom. The van der Waals surface area contributed by atoms with E-state index in [0.717, 1.165) is 17.8 Å². The maximum atomic E-state index is 5.90. The van der Waals surface area contributed by atoms with Crippen molar-refractivity contribution in [2.24, 2.45) is 5.10 Å². The van der Waals surface area contributed by atoms with E-state index in [1.165, 1.54) is 11.1 Å². The van der Waals surface area contributed by atoms with Gasteiger partial charge in [0.1, 0.15) is 0 Å². The van der Waals surface area contributed by atoms with E-state index in [2.05, 4.69) is 59.6 Å². The molecule has 1 unspecified atom stereocenters. The Morgan fingerprint density at radius 3 is 2.25 bits per heavy atom. The molecular weight excluding hydrogens is 344 g/mol. The predicted octanol–water partition coefficient (Wildman–Crippen LogP) is 5.18. The lowest BCUT2D eigenvalue weighted by Crippen LogP contribution is -2.13. The van der Waals surface area contributed by atoms with Gasteiger partial charge in [0.25, 0.3) is 0 Å². The van der Waals surface area contributed by atoms with Gasteiger partial charge in [-0.25, -0.2) is 0 Å². The van der Waals surface area contributed by atoms with Gasteiger partial charge in [0, 0.05) is 5.56 Å². The molecule has 0 amide bonds. The third-order valence-corrected chi connectivity index (χ3v) is 4.69. The number of hydrogen-bond acceptors (Lipinski definition) is 3. The number of ether oxygens (including phenoxy) is 1. The van der Waals surface area contributed by atoms with Crippen molar-refractivity contribution in [2.75, 3.05) is 19.8 Å².